The molecule has 2 aromatic rings. The summed E-state index contributed by atoms with van der Waals surface area (Å²) in [7, 11) is 3.02. The zero-order chi connectivity index (χ0) is 18.2. The van der Waals surface area contributed by atoms with E-state index in [0.29, 0.717) is 25.7 Å². The fourth-order valence-electron chi connectivity index (χ4n) is 2.21. The molecule has 0 N–H and O–H groups in total. The molecule has 10 heteroatoms. The minimum absolute atomic E-state index is 0.123. The monoisotopic (exact) mass is 415 g/mol. The maximum Gasteiger partial charge on any atom is 0.282 e. The molecule has 1 amide bonds. The number of thiophene rings is 1. The van der Waals surface area contributed by atoms with Crippen LogP contribution in [0.2, 0.25) is 13.7 Å². The van der Waals surface area contributed by atoms with Crippen molar-refractivity contribution in [3.8, 4) is 0 Å². The van der Waals surface area contributed by atoms with Gasteiger partial charge in [-0.3, -0.25) is 9.48 Å². The van der Waals surface area contributed by atoms with Crippen LogP contribution in [-0.4, -0.2) is 33.7 Å². The van der Waals surface area contributed by atoms with Crippen molar-refractivity contribution in [1.82, 2.24) is 14.7 Å². The Kier molecular flexibility index (Phi) is 6.12. The number of hydrogen-bond acceptors (Lipinski definition) is 3. The van der Waals surface area contributed by atoms with Gasteiger partial charge >= 0.3 is 0 Å². The molecule has 4 nitrogen and oxygen atoms in total. The Bertz CT molecular complexity index is 763. The SMILES string of the molecule is CC(Cc1c(Cl)sc(Cl)c1Cl)N(C)C(=O)c1cn(C)nc1C(F)F. The second kappa shape index (κ2) is 7.56. The van der Waals surface area contributed by atoms with E-state index in [1.807, 2.05) is 0 Å². The molecule has 0 bridgehead atoms. The van der Waals surface area contributed by atoms with E-state index in [2.05, 4.69) is 5.10 Å². The largest absolute Gasteiger partial charge is 0.339 e. The Balaban J connectivity index is 2.21. The highest BCUT2D eigenvalue weighted by atomic mass is 35.5. The van der Waals surface area contributed by atoms with Crippen molar-refractivity contribution in [2.45, 2.75) is 25.8 Å². The summed E-state index contributed by atoms with van der Waals surface area (Å²) in [4.78, 5) is 13.9. The van der Waals surface area contributed by atoms with Crippen molar-refractivity contribution in [2.75, 3.05) is 7.05 Å². The van der Waals surface area contributed by atoms with Crippen molar-refractivity contribution < 1.29 is 13.6 Å². The van der Waals surface area contributed by atoms with E-state index in [9.17, 15) is 13.6 Å². The van der Waals surface area contributed by atoms with E-state index < -0.39 is 18.0 Å². The van der Waals surface area contributed by atoms with E-state index >= 15 is 0 Å². The van der Waals surface area contributed by atoms with Gasteiger partial charge < -0.3 is 4.90 Å². The number of hydrogen-bond donors (Lipinski definition) is 0. The summed E-state index contributed by atoms with van der Waals surface area (Å²) in [5, 5.41) is 4.01. The normalized spacial score (nSPS) is 12.7. The van der Waals surface area contributed by atoms with Crippen LogP contribution in [-0.2, 0) is 13.5 Å². The molecule has 0 saturated heterocycles. The smallest absolute Gasteiger partial charge is 0.282 e. The van der Waals surface area contributed by atoms with E-state index in [1.54, 1.807) is 6.92 Å². The average Bonchev–Trinajstić information content (AvgIpc) is 3.01. The first-order valence-corrected chi connectivity index (χ1v) is 8.79. The van der Waals surface area contributed by atoms with E-state index in [-0.39, 0.29) is 11.6 Å². The van der Waals surface area contributed by atoms with E-state index in [0.717, 1.165) is 11.3 Å². The highest BCUT2D eigenvalue weighted by molar-refractivity contribution is 7.20. The van der Waals surface area contributed by atoms with Crippen LogP contribution in [0.15, 0.2) is 6.20 Å². The number of carbonyl (C=O) groups excluding carboxylic acids is 1. The molecule has 0 aromatic carbocycles. The van der Waals surface area contributed by atoms with Crippen molar-refractivity contribution in [3.63, 3.8) is 0 Å². The molecule has 2 aromatic heterocycles. The molecular formula is C14H14Cl3F2N3OS. The summed E-state index contributed by atoms with van der Waals surface area (Å²) in [5.74, 6) is -0.542. The third-order valence-electron chi connectivity index (χ3n) is 3.63. The van der Waals surface area contributed by atoms with Crippen LogP contribution in [0.4, 0.5) is 8.78 Å². The van der Waals surface area contributed by atoms with Crippen molar-refractivity contribution in [2.24, 2.45) is 7.05 Å². The van der Waals surface area contributed by atoms with E-state index in [4.69, 9.17) is 34.8 Å². The van der Waals surface area contributed by atoms with Crippen LogP contribution in [0.3, 0.4) is 0 Å². The molecule has 0 aliphatic carbocycles. The standard InChI is InChI=1S/C14H14Cl3F2N3OS/c1-6(4-7-9(15)12(17)24-11(7)16)22(3)14(23)8-5-21(2)20-10(8)13(18)19/h5-6,13H,4H2,1-3H3. The fraction of sp³-hybridized carbons (Fsp3) is 0.429. The lowest BCUT2D eigenvalue weighted by Crippen LogP contribution is -2.36. The third kappa shape index (κ3) is 3.85. The molecule has 0 saturated carbocycles. The molecule has 2 heterocycles. The highest BCUT2D eigenvalue weighted by Gasteiger charge is 2.28. The number of amides is 1. The number of aromatic nitrogens is 2. The number of aryl methyl sites for hydroxylation is 1. The number of alkyl halides is 2. The van der Waals surface area contributed by atoms with Crippen LogP contribution >= 0.6 is 46.1 Å². The third-order valence-corrected chi connectivity index (χ3v) is 5.94. The summed E-state index contributed by atoms with van der Waals surface area (Å²) in [6.07, 6.45) is -1.18. The number of likely N-dealkylation sites (N-methyl/N-ethyl adjacent to an activating group) is 1. The van der Waals surface area contributed by atoms with Crippen LogP contribution in [0.5, 0.6) is 0 Å². The lowest BCUT2D eigenvalue weighted by Gasteiger charge is -2.25. The van der Waals surface area contributed by atoms with Gasteiger partial charge in [0, 0.05) is 31.9 Å². The maximum absolute atomic E-state index is 13.0. The number of halogens is 5. The van der Waals surface area contributed by atoms with Gasteiger partial charge in [0.25, 0.3) is 12.3 Å². The fourth-order valence-corrected chi connectivity index (χ4v) is 4.15. The molecule has 24 heavy (non-hydrogen) atoms. The second-order valence-electron chi connectivity index (χ2n) is 5.31. The quantitative estimate of drug-likeness (QED) is 0.681. The number of nitrogens with zero attached hydrogens (tertiary/aromatic N) is 3. The first kappa shape index (κ1) is 19.4. The summed E-state index contributed by atoms with van der Waals surface area (Å²) in [5.41, 5.74) is -0.0145. The number of carbonyl (C=O) groups is 1. The summed E-state index contributed by atoms with van der Waals surface area (Å²) in [6, 6.07) is -0.330. The molecule has 0 aliphatic rings. The van der Waals surface area contributed by atoms with Crippen molar-refractivity contribution in [1.29, 1.82) is 0 Å². The number of rotatable bonds is 5. The Hall–Kier alpha value is -0.890. The summed E-state index contributed by atoms with van der Waals surface area (Å²) < 4.78 is 28.1. The summed E-state index contributed by atoms with van der Waals surface area (Å²) >= 11 is 19.3. The lowest BCUT2D eigenvalue weighted by atomic mass is 10.1. The first-order chi connectivity index (χ1) is 11.1. The van der Waals surface area contributed by atoms with Gasteiger partial charge in [-0.05, 0) is 13.3 Å². The Morgan fingerprint density at radius 3 is 2.50 bits per heavy atom. The van der Waals surface area contributed by atoms with Gasteiger partial charge in [-0.15, -0.1) is 11.3 Å². The average molecular weight is 417 g/mol. The topological polar surface area (TPSA) is 38.1 Å². The van der Waals surface area contributed by atoms with Gasteiger partial charge in [-0.2, -0.15) is 5.10 Å². The maximum atomic E-state index is 13.0. The van der Waals surface area contributed by atoms with Gasteiger partial charge in [0.1, 0.15) is 10.0 Å². The second-order valence-corrected chi connectivity index (χ2v) is 7.92. The molecular weight excluding hydrogens is 403 g/mol. The molecule has 0 fully saturated rings. The zero-order valence-electron chi connectivity index (χ0n) is 13.0. The molecule has 2 rings (SSSR count). The van der Waals surface area contributed by atoms with Crippen LogP contribution in [0, 0.1) is 0 Å². The van der Waals surface area contributed by atoms with Gasteiger partial charge in [0.05, 0.1) is 14.9 Å². The van der Waals surface area contributed by atoms with Crippen molar-refractivity contribution in [3.05, 3.63) is 36.7 Å². The molecule has 0 radical (unpaired) electrons. The molecule has 1 atom stereocenters. The van der Waals surface area contributed by atoms with Crippen LogP contribution in [0.1, 0.15) is 35.0 Å². The van der Waals surface area contributed by atoms with Crippen LogP contribution in [0.25, 0.3) is 0 Å². The Morgan fingerprint density at radius 2 is 2.00 bits per heavy atom. The Labute approximate surface area is 156 Å². The minimum atomic E-state index is -2.83. The lowest BCUT2D eigenvalue weighted by molar-refractivity contribution is 0.0731. The van der Waals surface area contributed by atoms with Gasteiger partial charge in [-0.25, -0.2) is 8.78 Å². The highest BCUT2D eigenvalue weighted by Crippen LogP contribution is 2.41. The predicted molar refractivity (Wildman–Crippen MR) is 92.8 cm³/mol. The van der Waals surface area contributed by atoms with Crippen molar-refractivity contribution >= 4 is 52.0 Å². The predicted octanol–water partition coefficient (Wildman–Crippen LogP) is 5.08. The van der Waals surface area contributed by atoms with Gasteiger partial charge in [-0.1, -0.05) is 34.8 Å². The van der Waals surface area contributed by atoms with Gasteiger partial charge in [0.15, 0.2) is 0 Å². The van der Waals surface area contributed by atoms with Gasteiger partial charge in [0.2, 0.25) is 0 Å². The molecule has 0 spiro atoms. The molecule has 1 unspecified atom stereocenters. The minimum Gasteiger partial charge on any atom is -0.339 e. The summed E-state index contributed by atoms with van der Waals surface area (Å²) in [6.45, 7) is 1.77. The Morgan fingerprint density at radius 1 is 1.38 bits per heavy atom. The van der Waals surface area contributed by atoms with E-state index in [1.165, 1.54) is 29.9 Å². The van der Waals surface area contributed by atoms with Crippen LogP contribution < -0.4 is 0 Å². The zero-order valence-corrected chi connectivity index (χ0v) is 16.1. The first-order valence-electron chi connectivity index (χ1n) is 6.84. The molecule has 132 valence electrons. The molecule has 0 aliphatic heterocycles.